The quantitative estimate of drug-likeness (QED) is 0.794. The third kappa shape index (κ3) is 4.30. The smallest absolute Gasteiger partial charge is 0.233 e. The first-order chi connectivity index (χ1) is 9.95. The molecule has 0 saturated heterocycles. The standard InChI is InChI=1S/C12H16N6OS2/c1-7-3-4-20-8(7)5-18(2)9(19)6-21-12-16-10(13)15-11(14)17-12/h3-4H,5-6H2,1-2H3,(H4,13,14,15,16,17). The third-order valence-electron chi connectivity index (χ3n) is 2.75. The summed E-state index contributed by atoms with van der Waals surface area (Å²) in [5.74, 6) is 0.328. The van der Waals surface area contributed by atoms with E-state index < -0.39 is 0 Å². The Morgan fingerprint density at radius 3 is 2.57 bits per heavy atom. The van der Waals surface area contributed by atoms with E-state index in [1.165, 1.54) is 22.2 Å². The summed E-state index contributed by atoms with van der Waals surface area (Å²) in [6, 6.07) is 2.05. The molecular formula is C12H16N6OS2. The van der Waals surface area contributed by atoms with E-state index in [2.05, 4.69) is 15.0 Å². The molecule has 0 saturated carbocycles. The Hall–Kier alpha value is -1.87. The molecule has 112 valence electrons. The number of hydrogen-bond donors (Lipinski definition) is 2. The van der Waals surface area contributed by atoms with Crippen LogP contribution in [0.4, 0.5) is 11.9 Å². The molecular weight excluding hydrogens is 308 g/mol. The van der Waals surface area contributed by atoms with Crippen LogP contribution in [0.25, 0.3) is 0 Å². The highest BCUT2D eigenvalue weighted by Gasteiger charge is 2.13. The lowest BCUT2D eigenvalue weighted by Gasteiger charge is -2.16. The summed E-state index contributed by atoms with van der Waals surface area (Å²) in [5.41, 5.74) is 12.2. The molecule has 0 radical (unpaired) electrons. The van der Waals surface area contributed by atoms with Crippen LogP contribution in [-0.4, -0.2) is 38.6 Å². The van der Waals surface area contributed by atoms with Gasteiger partial charge in [-0.2, -0.15) is 15.0 Å². The molecule has 4 N–H and O–H groups in total. The molecule has 0 bridgehead atoms. The van der Waals surface area contributed by atoms with Crippen molar-refractivity contribution in [2.45, 2.75) is 18.6 Å². The van der Waals surface area contributed by atoms with Crippen molar-refractivity contribution in [3.63, 3.8) is 0 Å². The first kappa shape index (κ1) is 15.5. The minimum Gasteiger partial charge on any atom is -0.368 e. The van der Waals surface area contributed by atoms with Crippen LogP contribution in [0.15, 0.2) is 16.6 Å². The average molecular weight is 324 g/mol. The maximum atomic E-state index is 12.1. The lowest BCUT2D eigenvalue weighted by molar-refractivity contribution is -0.127. The van der Waals surface area contributed by atoms with Crippen molar-refractivity contribution in [2.75, 3.05) is 24.3 Å². The predicted octanol–water partition coefficient (Wildman–Crippen LogP) is 1.16. The van der Waals surface area contributed by atoms with Gasteiger partial charge in [-0.15, -0.1) is 11.3 Å². The number of rotatable bonds is 5. The van der Waals surface area contributed by atoms with Gasteiger partial charge in [-0.1, -0.05) is 11.8 Å². The average Bonchev–Trinajstić information content (AvgIpc) is 2.80. The molecule has 0 aliphatic rings. The maximum Gasteiger partial charge on any atom is 0.233 e. The monoisotopic (exact) mass is 324 g/mol. The lowest BCUT2D eigenvalue weighted by atomic mass is 10.3. The summed E-state index contributed by atoms with van der Waals surface area (Å²) in [4.78, 5) is 26.5. The zero-order valence-electron chi connectivity index (χ0n) is 11.7. The number of nitrogens with two attached hydrogens (primary N) is 2. The Morgan fingerprint density at radius 1 is 1.33 bits per heavy atom. The van der Waals surface area contributed by atoms with Gasteiger partial charge in [0.25, 0.3) is 0 Å². The number of amides is 1. The van der Waals surface area contributed by atoms with Crippen LogP contribution >= 0.6 is 23.1 Å². The van der Waals surface area contributed by atoms with Gasteiger partial charge < -0.3 is 16.4 Å². The number of aromatic nitrogens is 3. The Kier molecular flexibility index (Phi) is 4.97. The van der Waals surface area contributed by atoms with Crippen molar-refractivity contribution >= 4 is 40.9 Å². The van der Waals surface area contributed by atoms with Crippen molar-refractivity contribution < 1.29 is 4.79 Å². The van der Waals surface area contributed by atoms with E-state index in [1.54, 1.807) is 23.3 Å². The van der Waals surface area contributed by atoms with Crippen LogP contribution < -0.4 is 11.5 Å². The van der Waals surface area contributed by atoms with Crippen molar-refractivity contribution in [3.05, 3.63) is 21.9 Å². The van der Waals surface area contributed by atoms with E-state index in [1.807, 2.05) is 18.4 Å². The molecule has 0 aromatic carbocycles. The number of thioether (sulfide) groups is 1. The van der Waals surface area contributed by atoms with Gasteiger partial charge in [-0.25, -0.2) is 0 Å². The fourth-order valence-electron chi connectivity index (χ4n) is 1.56. The molecule has 2 heterocycles. The number of carbonyl (C=O) groups is 1. The number of carbonyl (C=O) groups excluding carboxylic acids is 1. The predicted molar refractivity (Wildman–Crippen MR) is 84.9 cm³/mol. The molecule has 0 spiro atoms. The van der Waals surface area contributed by atoms with Crippen LogP contribution in [0.3, 0.4) is 0 Å². The normalized spacial score (nSPS) is 10.6. The van der Waals surface area contributed by atoms with Crippen LogP contribution in [0.5, 0.6) is 0 Å². The minimum atomic E-state index is -0.00893. The fraction of sp³-hybridized carbons (Fsp3) is 0.333. The Bertz CT molecular complexity index is 624. The highest BCUT2D eigenvalue weighted by molar-refractivity contribution is 7.99. The van der Waals surface area contributed by atoms with Gasteiger partial charge in [0, 0.05) is 11.9 Å². The summed E-state index contributed by atoms with van der Waals surface area (Å²) in [6.45, 7) is 2.64. The van der Waals surface area contributed by atoms with E-state index in [0.29, 0.717) is 11.7 Å². The number of thiophene rings is 1. The molecule has 0 atom stereocenters. The van der Waals surface area contributed by atoms with E-state index >= 15 is 0 Å². The van der Waals surface area contributed by atoms with E-state index in [0.717, 1.165) is 0 Å². The Balaban J connectivity index is 1.90. The van der Waals surface area contributed by atoms with Gasteiger partial charge >= 0.3 is 0 Å². The summed E-state index contributed by atoms with van der Waals surface area (Å²) in [5, 5.41) is 2.38. The van der Waals surface area contributed by atoms with Crippen molar-refractivity contribution in [3.8, 4) is 0 Å². The summed E-state index contributed by atoms with van der Waals surface area (Å²) in [6.07, 6.45) is 0. The Morgan fingerprint density at radius 2 is 2.00 bits per heavy atom. The van der Waals surface area contributed by atoms with Crippen LogP contribution in [-0.2, 0) is 11.3 Å². The molecule has 21 heavy (non-hydrogen) atoms. The minimum absolute atomic E-state index is 0.00893. The highest BCUT2D eigenvalue weighted by atomic mass is 32.2. The van der Waals surface area contributed by atoms with Crippen LogP contribution in [0.1, 0.15) is 10.4 Å². The maximum absolute atomic E-state index is 12.1. The van der Waals surface area contributed by atoms with Gasteiger partial charge in [0.1, 0.15) is 0 Å². The number of aryl methyl sites for hydroxylation is 1. The number of nitrogens with zero attached hydrogens (tertiary/aromatic N) is 4. The molecule has 1 amide bonds. The molecule has 9 heteroatoms. The van der Waals surface area contributed by atoms with Gasteiger partial charge in [-0.05, 0) is 23.9 Å². The molecule has 7 nitrogen and oxygen atoms in total. The van der Waals surface area contributed by atoms with E-state index in [9.17, 15) is 4.79 Å². The summed E-state index contributed by atoms with van der Waals surface area (Å²) < 4.78 is 0. The lowest BCUT2D eigenvalue weighted by Crippen LogP contribution is -2.27. The van der Waals surface area contributed by atoms with E-state index in [-0.39, 0.29) is 23.6 Å². The van der Waals surface area contributed by atoms with Crippen LogP contribution in [0, 0.1) is 6.92 Å². The summed E-state index contributed by atoms with van der Waals surface area (Å²) in [7, 11) is 1.78. The Labute approximate surface area is 130 Å². The van der Waals surface area contributed by atoms with Gasteiger partial charge in [-0.3, -0.25) is 4.79 Å². The van der Waals surface area contributed by atoms with Gasteiger partial charge in [0.05, 0.1) is 12.3 Å². The van der Waals surface area contributed by atoms with Crippen LogP contribution in [0.2, 0.25) is 0 Å². The van der Waals surface area contributed by atoms with Crippen molar-refractivity contribution in [1.82, 2.24) is 19.9 Å². The topological polar surface area (TPSA) is 111 Å². The summed E-state index contributed by atoms with van der Waals surface area (Å²) >= 11 is 2.84. The number of nitrogen functional groups attached to an aromatic ring is 2. The highest BCUT2D eigenvalue weighted by Crippen LogP contribution is 2.19. The molecule has 2 aromatic rings. The van der Waals surface area contributed by atoms with Crippen molar-refractivity contribution in [1.29, 1.82) is 0 Å². The zero-order valence-corrected chi connectivity index (χ0v) is 13.4. The molecule has 0 unspecified atom stereocenters. The van der Waals surface area contributed by atoms with Gasteiger partial charge in [0.15, 0.2) is 5.16 Å². The molecule has 0 aliphatic carbocycles. The second kappa shape index (κ2) is 6.72. The SMILES string of the molecule is Cc1ccsc1CN(C)C(=O)CSc1nc(N)nc(N)n1. The second-order valence-corrected chi connectivity index (χ2v) is 6.34. The van der Waals surface area contributed by atoms with E-state index in [4.69, 9.17) is 11.5 Å². The molecule has 0 aliphatic heterocycles. The second-order valence-electron chi connectivity index (χ2n) is 4.40. The number of hydrogen-bond acceptors (Lipinski definition) is 8. The van der Waals surface area contributed by atoms with Gasteiger partial charge in [0.2, 0.25) is 17.8 Å². The largest absolute Gasteiger partial charge is 0.368 e. The molecule has 2 rings (SSSR count). The number of anilines is 2. The first-order valence-corrected chi connectivity index (χ1v) is 7.99. The van der Waals surface area contributed by atoms with Crippen molar-refractivity contribution in [2.24, 2.45) is 0 Å². The first-order valence-electron chi connectivity index (χ1n) is 6.12. The molecule has 2 aromatic heterocycles. The zero-order chi connectivity index (χ0) is 15.4. The fourth-order valence-corrected chi connectivity index (χ4v) is 3.31. The third-order valence-corrected chi connectivity index (χ3v) is 4.59. The molecule has 0 fully saturated rings.